The second kappa shape index (κ2) is 7.24. The Morgan fingerprint density at radius 1 is 1.33 bits per heavy atom. The summed E-state index contributed by atoms with van der Waals surface area (Å²) in [6.45, 7) is 6.90. The topological polar surface area (TPSA) is 81.4 Å². The highest BCUT2D eigenvalue weighted by Crippen LogP contribution is 2.24. The summed E-state index contributed by atoms with van der Waals surface area (Å²) in [6, 6.07) is 4.96. The van der Waals surface area contributed by atoms with Gasteiger partial charge in [0.15, 0.2) is 0 Å². The Kier molecular flexibility index (Phi) is 6.19. The number of sulfonamides is 1. The van der Waals surface area contributed by atoms with Crippen molar-refractivity contribution in [3.63, 3.8) is 0 Å². The van der Waals surface area contributed by atoms with Crippen molar-refractivity contribution >= 4 is 10.0 Å². The Bertz CT molecular complexity index is 568. The van der Waals surface area contributed by atoms with E-state index in [4.69, 9.17) is 10.5 Å². The fourth-order valence-corrected chi connectivity index (χ4v) is 3.28. The second-order valence-corrected chi connectivity index (χ2v) is 7.59. The van der Waals surface area contributed by atoms with Gasteiger partial charge in [-0.1, -0.05) is 20.8 Å². The van der Waals surface area contributed by atoms with E-state index in [2.05, 4.69) is 4.72 Å². The van der Waals surface area contributed by atoms with E-state index < -0.39 is 10.0 Å². The third-order valence-electron chi connectivity index (χ3n) is 3.67. The molecule has 1 rings (SSSR count). The number of hydrogen-bond acceptors (Lipinski definition) is 4. The van der Waals surface area contributed by atoms with Crippen LogP contribution in [0.1, 0.15) is 32.8 Å². The first kappa shape index (κ1) is 17.9. The van der Waals surface area contributed by atoms with E-state index in [0.29, 0.717) is 30.8 Å². The lowest BCUT2D eigenvalue weighted by atomic mass is 9.91. The monoisotopic (exact) mass is 314 g/mol. The third-order valence-corrected chi connectivity index (χ3v) is 5.17. The maximum Gasteiger partial charge on any atom is 0.240 e. The van der Waals surface area contributed by atoms with Gasteiger partial charge in [-0.15, -0.1) is 0 Å². The van der Waals surface area contributed by atoms with Crippen molar-refractivity contribution < 1.29 is 13.2 Å². The predicted octanol–water partition coefficient (Wildman–Crippen LogP) is 1.91. The van der Waals surface area contributed by atoms with Crippen LogP contribution in [0.5, 0.6) is 5.75 Å². The van der Waals surface area contributed by atoms with Gasteiger partial charge in [0.25, 0.3) is 0 Å². The Hall–Kier alpha value is -1.11. The van der Waals surface area contributed by atoms with Crippen LogP contribution in [0.4, 0.5) is 0 Å². The van der Waals surface area contributed by atoms with Crippen molar-refractivity contribution in [3.05, 3.63) is 23.8 Å². The fraction of sp³-hybridized carbons (Fsp3) is 0.600. The lowest BCUT2D eigenvalue weighted by Crippen LogP contribution is -2.34. The fourth-order valence-electron chi connectivity index (χ4n) is 1.79. The zero-order valence-electron chi connectivity index (χ0n) is 13.3. The standard InChI is InChI=1S/C15H26N2O3S/c1-5-15(2,3)11-17-21(18,19)14-7-6-13(20-4)10-12(14)8-9-16/h6-7,10,17H,5,8-9,11,16H2,1-4H3. The van der Waals surface area contributed by atoms with Crippen molar-refractivity contribution in [2.75, 3.05) is 20.2 Å². The van der Waals surface area contributed by atoms with Crippen molar-refractivity contribution in [2.45, 2.75) is 38.5 Å². The molecule has 0 aliphatic heterocycles. The van der Waals surface area contributed by atoms with Crippen molar-refractivity contribution in [3.8, 4) is 5.75 Å². The second-order valence-electron chi connectivity index (χ2n) is 5.85. The Balaban J connectivity index is 3.07. The van der Waals surface area contributed by atoms with Crippen LogP contribution < -0.4 is 15.2 Å². The maximum absolute atomic E-state index is 12.5. The molecule has 0 radical (unpaired) electrons. The molecule has 0 spiro atoms. The highest BCUT2D eigenvalue weighted by atomic mass is 32.2. The highest BCUT2D eigenvalue weighted by molar-refractivity contribution is 7.89. The van der Waals surface area contributed by atoms with Crippen molar-refractivity contribution in [1.82, 2.24) is 4.72 Å². The van der Waals surface area contributed by atoms with Gasteiger partial charge in [-0.2, -0.15) is 0 Å². The average Bonchev–Trinajstić information content (AvgIpc) is 2.45. The minimum Gasteiger partial charge on any atom is -0.497 e. The van der Waals surface area contributed by atoms with E-state index >= 15 is 0 Å². The molecule has 3 N–H and O–H groups in total. The van der Waals surface area contributed by atoms with Crippen LogP contribution in [0.2, 0.25) is 0 Å². The molecule has 0 fully saturated rings. The van der Waals surface area contributed by atoms with Gasteiger partial charge in [0.2, 0.25) is 10.0 Å². The predicted molar refractivity (Wildman–Crippen MR) is 85.0 cm³/mol. The number of nitrogens with one attached hydrogen (secondary N) is 1. The van der Waals surface area contributed by atoms with E-state index in [1.54, 1.807) is 25.3 Å². The first-order valence-electron chi connectivity index (χ1n) is 7.12. The first-order valence-corrected chi connectivity index (χ1v) is 8.60. The molecule has 6 heteroatoms. The van der Waals surface area contributed by atoms with Crippen LogP contribution in [0.15, 0.2) is 23.1 Å². The normalized spacial score (nSPS) is 12.4. The molecular weight excluding hydrogens is 288 g/mol. The molecule has 0 aromatic heterocycles. The van der Waals surface area contributed by atoms with Crippen molar-refractivity contribution in [1.29, 1.82) is 0 Å². The van der Waals surface area contributed by atoms with E-state index in [-0.39, 0.29) is 10.3 Å². The molecule has 0 heterocycles. The van der Waals surface area contributed by atoms with Gasteiger partial charge < -0.3 is 10.5 Å². The summed E-state index contributed by atoms with van der Waals surface area (Å²) in [5, 5.41) is 0. The van der Waals surface area contributed by atoms with E-state index in [1.165, 1.54) is 0 Å². The van der Waals surface area contributed by atoms with E-state index in [9.17, 15) is 8.42 Å². The molecular formula is C15H26N2O3S. The quantitative estimate of drug-likeness (QED) is 0.768. The molecule has 1 aromatic carbocycles. The summed E-state index contributed by atoms with van der Waals surface area (Å²) in [5.41, 5.74) is 6.18. The van der Waals surface area contributed by atoms with Crippen molar-refractivity contribution in [2.24, 2.45) is 11.1 Å². The average molecular weight is 314 g/mol. The van der Waals surface area contributed by atoms with Crippen LogP contribution in [-0.4, -0.2) is 28.6 Å². The summed E-state index contributed by atoms with van der Waals surface area (Å²) in [7, 11) is -1.99. The number of rotatable bonds is 8. The molecule has 0 amide bonds. The van der Waals surface area contributed by atoms with Crippen LogP contribution in [0.3, 0.4) is 0 Å². The molecule has 0 bridgehead atoms. The minimum absolute atomic E-state index is 0.0758. The number of benzene rings is 1. The Morgan fingerprint density at radius 2 is 2.00 bits per heavy atom. The highest BCUT2D eigenvalue weighted by Gasteiger charge is 2.23. The lowest BCUT2D eigenvalue weighted by molar-refractivity contribution is 0.350. The molecule has 0 saturated heterocycles. The van der Waals surface area contributed by atoms with E-state index in [1.807, 2.05) is 20.8 Å². The lowest BCUT2D eigenvalue weighted by Gasteiger charge is -2.23. The van der Waals surface area contributed by atoms with Crippen LogP contribution in [0.25, 0.3) is 0 Å². The summed E-state index contributed by atoms with van der Waals surface area (Å²) >= 11 is 0. The minimum atomic E-state index is -3.54. The summed E-state index contributed by atoms with van der Waals surface area (Å²) < 4.78 is 32.8. The Morgan fingerprint density at radius 3 is 2.52 bits per heavy atom. The van der Waals surface area contributed by atoms with Crippen LogP contribution in [0, 0.1) is 5.41 Å². The largest absolute Gasteiger partial charge is 0.497 e. The summed E-state index contributed by atoms with van der Waals surface area (Å²) in [5.74, 6) is 0.631. The van der Waals surface area contributed by atoms with Crippen LogP contribution in [-0.2, 0) is 16.4 Å². The molecule has 0 saturated carbocycles. The van der Waals surface area contributed by atoms with Gasteiger partial charge in [-0.05, 0) is 48.6 Å². The molecule has 0 atom stereocenters. The van der Waals surface area contributed by atoms with Crippen LogP contribution >= 0.6 is 0 Å². The third kappa shape index (κ3) is 4.98. The van der Waals surface area contributed by atoms with Gasteiger partial charge in [-0.3, -0.25) is 0 Å². The van der Waals surface area contributed by atoms with Gasteiger partial charge in [0, 0.05) is 6.54 Å². The molecule has 120 valence electrons. The molecule has 0 unspecified atom stereocenters. The molecule has 0 aliphatic rings. The molecule has 21 heavy (non-hydrogen) atoms. The first-order chi connectivity index (χ1) is 9.75. The zero-order valence-corrected chi connectivity index (χ0v) is 14.1. The van der Waals surface area contributed by atoms with Gasteiger partial charge in [0.1, 0.15) is 5.75 Å². The van der Waals surface area contributed by atoms with Gasteiger partial charge >= 0.3 is 0 Å². The van der Waals surface area contributed by atoms with Gasteiger partial charge in [-0.25, -0.2) is 13.1 Å². The molecule has 1 aromatic rings. The maximum atomic E-state index is 12.5. The molecule has 5 nitrogen and oxygen atoms in total. The Labute approximate surface area is 127 Å². The summed E-state index contributed by atoms with van der Waals surface area (Å²) in [6.07, 6.45) is 1.39. The zero-order chi connectivity index (χ0) is 16.1. The van der Waals surface area contributed by atoms with Gasteiger partial charge in [0.05, 0.1) is 12.0 Å². The smallest absolute Gasteiger partial charge is 0.240 e. The summed E-state index contributed by atoms with van der Waals surface area (Å²) in [4.78, 5) is 0.278. The molecule has 0 aliphatic carbocycles. The number of ether oxygens (including phenoxy) is 1. The number of hydrogen-bond donors (Lipinski definition) is 2. The number of methoxy groups -OCH3 is 1. The van der Waals surface area contributed by atoms with E-state index in [0.717, 1.165) is 6.42 Å². The number of nitrogens with two attached hydrogens (primary N) is 1. The SMILES string of the molecule is CCC(C)(C)CNS(=O)(=O)c1ccc(OC)cc1CCN.